The third kappa shape index (κ3) is 2.72. The van der Waals surface area contributed by atoms with Gasteiger partial charge in [-0.15, -0.1) is 0 Å². The number of fused-ring (bicyclic) bond motifs is 1. The lowest BCUT2D eigenvalue weighted by molar-refractivity contribution is -0.0511. The molecule has 1 aliphatic rings. The van der Waals surface area contributed by atoms with Crippen LogP contribution in [-0.2, 0) is 4.74 Å². The van der Waals surface area contributed by atoms with Crippen LogP contribution in [0.1, 0.15) is 6.23 Å². The Bertz CT molecular complexity index is 871. The van der Waals surface area contributed by atoms with Crippen LogP contribution in [0.3, 0.4) is 0 Å². The molecule has 1 aliphatic heterocycles. The highest BCUT2D eigenvalue weighted by molar-refractivity contribution is 5.76. The van der Waals surface area contributed by atoms with Crippen molar-refractivity contribution in [2.24, 2.45) is 0 Å². The van der Waals surface area contributed by atoms with Crippen LogP contribution in [0.4, 0.5) is 0 Å². The van der Waals surface area contributed by atoms with Crippen LogP contribution in [0.5, 0.6) is 11.6 Å². The number of nitrogens with zero attached hydrogens (tertiary/aromatic N) is 4. The van der Waals surface area contributed by atoms with Gasteiger partial charge in [-0.1, -0.05) is 18.2 Å². The molecule has 4 atom stereocenters. The lowest BCUT2D eigenvalue weighted by atomic mass is 10.1. The molecule has 0 bridgehead atoms. The van der Waals surface area contributed by atoms with Gasteiger partial charge in [0, 0.05) is 0 Å². The number of rotatable bonds is 4. The zero-order chi connectivity index (χ0) is 17.4. The van der Waals surface area contributed by atoms with E-state index in [1.807, 2.05) is 18.2 Å². The quantitative estimate of drug-likeness (QED) is 0.615. The Balaban J connectivity index is 1.70. The van der Waals surface area contributed by atoms with Crippen LogP contribution in [0.15, 0.2) is 43.0 Å². The van der Waals surface area contributed by atoms with E-state index in [0.717, 1.165) is 0 Å². The maximum atomic E-state index is 10.2. The second kappa shape index (κ2) is 6.37. The topological polar surface area (TPSA) is 123 Å². The van der Waals surface area contributed by atoms with Gasteiger partial charge in [0.15, 0.2) is 17.4 Å². The van der Waals surface area contributed by atoms with Gasteiger partial charge in [-0.25, -0.2) is 9.97 Å². The number of aliphatic hydroxyl groups is 3. The zero-order valence-electron chi connectivity index (χ0n) is 13.0. The fraction of sp³-hybridized carbons (Fsp3) is 0.312. The van der Waals surface area contributed by atoms with Crippen LogP contribution >= 0.6 is 0 Å². The van der Waals surface area contributed by atoms with Crippen molar-refractivity contribution < 1.29 is 24.8 Å². The highest BCUT2D eigenvalue weighted by Gasteiger charge is 2.44. The zero-order valence-corrected chi connectivity index (χ0v) is 13.0. The minimum atomic E-state index is -1.22. The van der Waals surface area contributed by atoms with E-state index < -0.39 is 31.1 Å². The summed E-state index contributed by atoms with van der Waals surface area (Å²) in [4.78, 5) is 12.5. The molecule has 9 nitrogen and oxygen atoms in total. The van der Waals surface area contributed by atoms with E-state index in [4.69, 9.17) is 9.47 Å². The average molecular weight is 344 g/mol. The number of hydrogen-bond acceptors (Lipinski definition) is 8. The van der Waals surface area contributed by atoms with Crippen molar-refractivity contribution in [1.29, 1.82) is 0 Å². The third-order valence-corrected chi connectivity index (χ3v) is 4.07. The van der Waals surface area contributed by atoms with E-state index in [2.05, 4.69) is 15.0 Å². The molecule has 1 fully saturated rings. The Morgan fingerprint density at radius 2 is 1.88 bits per heavy atom. The number of aliphatic hydroxyl groups excluding tert-OH is 3. The molecule has 0 aliphatic carbocycles. The summed E-state index contributed by atoms with van der Waals surface area (Å²) in [5, 5.41) is 29.3. The molecule has 1 aromatic carbocycles. The van der Waals surface area contributed by atoms with Crippen LogP contribution < -0.4 is 4.74 Å². The molecule has 130 valence electrons. The van der Waals surface area contributed by atoms with Gasteiger partial charge >= 0.3 is 0 Å². The molecule has 0 spiro atoms. The van der Waals surface area contributed by atoms with Crippen LogP contribution in [-0.4, -0.2) is 59.8 Å². The van der Waals surface area contributed by atoms with Gasteiger partial charge in [-0.05, 0) is 12.1 Å². The van der Waals surface area contributed by atoms with Crippen molar-refractivity contribution >= 4 is 11.2 Å². The Kier molecular flexibility index (Phi) is 4.06. The minimum Gasteiger partial charge on any atom is -0.437 e. The first kappa shape index (κ1) is 15.9. The summed E-state index contributed by atoms with van der Waals surface area (Å²) >= 11 is 0. The van der Waals surface area contributed by atoms with Crippen molar-refractivity contribution in [3.05, 3.63) is 43.0 Å². The predicted octanol–water partition coefficient (Wildman–Crippen LogP) is 0.230. The van der Waals surface area contributed by atoms with E-state index in [1.165, 1.54) is 17.2 Å². The highest BCUT2D eigenvalue weighted by Crippen LogP contribution is 2.33. The molecule has 0 amide bonds. The molecule has 0 saturated carbocycles. The molecule has 0 radical (unpaired) electrons. The second-order valence-electron chi connectivity index (χ2n) is 5.65. The number of aromatic nitrogens is 4. The van der Waals surface area contributed by atoms with E-state index in [9.17, 15) is 15.3 Å². The normalized spacial score (nSPS) is 26.2. The molecule has 2 aromatic heterocycles. The molecule has 4 rings (SSSR count). The van der Waals surface area contributed by atoms with Gasteiger partial charge in [-0.2, -0.15) is 4.98 Å². The summed E-state index contributed by atoms with van der Waals surface area (Å²) in [6.07, 6.45) is -1.47. The summed E-state index contributed by atoms with van der Waals surface area (Å²) in [6, 6.07) is 9.13. The Morgan fingerprint density at radius 3 is 2.60 bits per heavy atom. The van der Waals surface area contributed by atoms with Crippen LogP contribution in [0.2, 0.25) is 0 Å². The van der Waals surface area contributed by atoms with Gasteiger partial charge in [-0.3, -0.25) is 4.57 Å². The van der Waals surface area contributed by atoms with Gasteiger partial charge < -0.3 is 24.8 Å². The minimum absolute atomic E-state index is 0.265. The van der Waals surface area contributed by atoms with Crippen molar-refractivity contribution in [3.63, 3.8) is 0 Å². The molecule has 3 aromatic rings. The second-order valence-corrected chi connectivity index (χ2v) is 5.65. The van der Waals surface area contributed by atoms with Gasteiger partial charge in [0.25, 0.3) is 5.88 Å². The first-order valence-electron chi connectivity index (χ1n) is 7.72. The maximum absolute atomic E-state index is 10.2. The van der Waals surface area contributed by atoms with Crippen molar-refractivity contribution in [2.75, 3.05) is 6.61 Å². The first-order chi connectivity index (χ1) is 12.2. The number of hydrogen-bond donors (Lipinski definition) is 3. The lowest BCUT2D eigenvalue weighted by Crippen LogP contribution is -2.33. The van der Waals surface area contributed by atoms with E-state index in [0.29, 0.717) is 16.9 Å². The summed E-state index contributed by atoms with van der Waals surface area (Å²) in [5.74, 6) is 0.867. The largest absolute Gasteiger partial charge is 0.437 e. The summed E-state index contributed by atoms with van der Waals surface area (Å²) in [7, 11) is 0. The van der Waals surface area contributed by atoms with E-state index in [-0.39, 0.29) is 5.88 Å². The maximum Gasteiger partial charge on any atom is 0.250 e. The number of benzene rings is 1. The van der Waals surface area contributed by atoms with Crippen LogP contribution in [0, 0.1) is 0 Å². The molecular weight excluding hydrogens is 328 g/mol. The highest BCUT2D eigenvalue weighted by atomic mass is 16.6. The molecule has 3 N–H and O–H groups in total. The lowest BCUT2D eigenvalue weighted by Gasteiger charge is -2.16. The molecule has 1 unspecified atom stereocenters. The third-order valence-electron chi connectivity index (χ3n) is 4.07. The Morgan fingerprint density at radius 1 is 1.08 bits per heavy atom. The summed E-state index contributed by atoms with van der Waals surface area (Å²) in [6.45, 7) is -0.404. The molecule has 3 heterocycles. The summed E-state index contributed by atoms with van der Waals surface area (Å²) in [5.41, 5.74) is 0.778. The van der Waals surface area contributed by atoms with Gasteiger partial charge in [0.2, 0.25) is 0 Å². The number of ether oxygens (including phenoxy) is 2. The molecule has 1 saturated heterocycles. The number of para-hydroxylation sites is 1. The van der Waals surface area contributed by atoms with Crippen molar-refractivity contribution in [1.82, 2.24) is 19.5 Å². The van der Waals surface area contributed by atoms with Crippen LogP contribution in [0.25, 0.3) is 11.2 Å². The van der Waals surface area contributed by atoms with Gasteiger partial charge in [0.1, 0.15) is 30.4 Å². The Labute approximate surface area is 142 Å². The average Bonchev–Trinajstić information content (AvgIpc) is 3.18. The van der Waals surface area contributed by atoms with Crippen molar-refractivity contribution in [2.45, 2.75) is 24.5 Å². The van der Waals surface area contributed by atoms with E-state index in [1.54, 1.807) is 12.1 Å². The SMILES string of the molecule is OC[C@H]1OC(n2cnc3c(Oc4ccccc4)ncnc32)[C@H](O)[C@@H]1O. The Hall–Kier alpha value is -2.59. The fourth-order valence-corrected chi connectivity index (χ4v) is 2.80. The standard InChI is InChI=1S/C16H16N4O5/c21-6-10-12(22)13(23)16(25-10)20-8-19-11-14(20)17-7-18-15(11)24-9-4-2-1-3-5-9/h1-5,7-8,10,12-13,16,21-23H,6H2/t10-,12-,13-,16?/m1/s1. The van der Waals surface area contributed by atoms with E-state index >= 15 is 0 Å². The monoisotopic (exact) mass is 344 g/mol. The summed E-state index contributed by atoms with van der Waals surface area (Å²) < 4.78 is 12.7. The number of imidazole rings is 1. The van der Waals surface area contributed by atoms with Gasteiger partial charge in [0.05, 0.1) is 12.9 Å². The fourth-order valence-electron chi connectivity index (χ4n) is 2.80. The predicted molar refractivity (Wildman–Crippen MR) is 84.8 cm³/mol. The molecule has 25 heavy (non-hydrogen) atoms. The molecule has 9 heteroatoms. The first-order valence-corrected chi connectivity index (χ1v) is 7.72. The molecular formula is C16H16N4O5. The smallest absolute Gasteiger partial charge is 0.250 e. The van der Waals surface area contributed by atoms with Crippen molar-refractivity contribution in [3.8, 4) is 11.6 Å².